The normalized spacial score (nSPS) is 14.7. The van der Waals surface area contributed by atoms with Crippen LogP contribution in [-0.4, -0.2) is 61.7 Å². The molecule has 1 aliphatic heterocycles. The fourth-order valence-corrected chi connectivity index (χ4v) is 4.50. The van der Waals surface area contributed by atoms with Gasteiger partial charge in [-0.05, 0) is 24.5 Å². The third kappa shape index (κ3) is 4.12. The molecule has 2 aromatic heterocycles. The first kappa shape index (κ1) is 21.3. The second-order valence-electron chi connectivity index (χ2n) is 8.46. The van der Waals surface area contributed by atoms with Gasteiger partial charge in [-0.25, -0.2) is 4.52 Å². The number of nitrogens with zero attached hydrogens (tertiary/aromatic N) is 6. The summed E-state index contributed by atoms with van der Waals surface area (Å²) in [5, 5.41) is 13.6. The molecule has 1 amide bonds. The minimum atomic E-state index is -0.0731. The Labute approximate surface area is 193 Å². The van der Waals surface area contributed by atoms with Gasteiger partial charge in [0.15, 0.2) is 11.3 Å². The highest BCUT2D eigenvalue weighted by molar-refractivity contribution is 5.93. The number of hydrogen-bond acceptors (Lipinski definition) is 5. The van der Waals surface area contributed by atoms with Crippen molar-refractivity contribution in [3.63, 3.8) is 0 Å². The van der Waals surface area contributed by atoms with Crippen LogP contribution in [0.1, 0.15) is 34.4 Å². The van der Waals surface area contributed by atoms with Gasteiger partial charge in [0.1, 0.15) is 0 Å². The Morgan fingerprint density at radius 1 is 0.909 bits per heavy atom. The van der Waals surface area contributed by atoms with Crippen molar-refractivity contribution < 1.29 is 4.79 Å². The number of fused-ring (bicyclic) bond motifs is 1. The number of benzene rings is 2. The number of carbonyl (C=O) groups is 1. The van der Waals surface area contributed by atoms with E-state index in [1.165, 1.54) is 5.56 Å². The van der Waals surface area contributed by atoms with Crippen LogP contribution in [0.3, 0.4) is 0 Å². The van der Waals surface area contributed by atoms with Crippen molar-refractivity contribution in [1.29, 1.82) is 0 Å². The molecule has 0 unspecified atom stereocenters. The number of piperazine rings is 1. The van der Waals surface area contributed by atoms with E-state index in [0.717, 1.165) is 48.6 Å². The van der Waals surface area contributed by atoms with Crippen LogP contribution < -0.4 is 0 Å². The van der Waals surface area contributed by atoms with Crippen LogP contribution in [-0.2, 0) is 13.0 Å². The molecule has 33 heavy (non-hydrogen) atoms. The third-order valence-corrected chi connectivity index (χ3v) is 6.35. The van der Waals surface area contributed by atoms with Gasteiger partial charge in [0.25, 0.3) is 5.91 Å². The summed E-state index contributed by atoms with van der Waals surface area (Å²) in [7, 11) is 0. The summed E-state index contributed by atoms with van der Waals surface area (Å²) >= 11 is 0. The van der Waals surface area contributed by atoms with E-state index in [1.807, 2.05) is 36.1 Å². The maximum absolute atomic E-state index is 13.3. The number of aryl methyl sites for hydroxylation is 2. The van der Waals surface area contributed by atoms with Crippen LogP contribution in [0, 0.1) is 6.92 Å². The van der Waals surface area contributed by atoms with E-state index < -0.39 is 0 Å². The smallest absolute Gasteiger partial charge is 0.276 e. The van der Waals surface area contributed by atoms with Gasteiger partial charge in [0.2, 0.25) is 0 Å². The first-order valence-corrected chi connectivity index (χ1v) is 11.5. The Morgan fingerprint density at radius 3 is 2.24 bits per heavy atom. The Bertz CT molecular complexity index is 1260. The SMILES string of the molecule is CCc1nn2c(C)c(C(=O)N3CCN(Cc4ccccc4)CC3)nnc2c1-c1ccccc1. The molecular formula is C26H28N6O. The highest BCUT2D eigenvalue weighted by Crippen LogP contribution is 2.28. The molecule has 0 aliphatic carbocycles. The molecule has 0 saturated carbocycles. The lowest BCUT2D eigenvalue weighted by molar-refractivity contribution is 0.0620. The van der Waals surface area contributed by atoms with Crippen molar-refractivity contribution in [3.8, 4) is 11.1 Å². The maximum atomic E-state index is 13.3. The van der Waals surface area contributed by atoms with Crippen molar-refractivity contribution in [2.24, 2.45) is 0 Å². The van der Waals surface area contributed by atoms with E-state index in [9.17, 15) is 4.79 Å². The zero-order chi connectivity index (χ0) is 22.8. The van der Waals surface area contributed by atoms with E-state index in [2.05, 4.69) is 58.4 Å². The first-order chi connectivity index (χ1) is 16.2. The fourth-order valence-electron chi connectivity index (χ4n) is 4.50. The minimum absolute atomic E-state index is 0.0731. The van der Waals surface area contributed by atoms with Gasteiger partial charge < -0.3 is 4.90 Å². The lowest BCUT2D eigenvalue weighted by Gasteiger charge is -2.34. The number of rotatable bonds is 5. The minimum Gasteiger partial charge on any atom is -0.335 e. The molecule has 2 aromatic carbocycles. The van der Waals surface area contributed by atoms with Crippen molar-refractivity contribution in [2.45, 2.75) is 26.8 Å². The van der Waals surface area contributed by atoms with Crippen LogP contribution in [0.15, 0.2) is 60.7 Å². The van der Waals surface area contributed by atoms with Gasteiger partial charge in [-0.15, -0.1) is 10.2 Å². The van der Waals surface area contributed by atoms with Crippen LogP contribution >= 0.6 is 0 Å². The number of amides is 1. The van der Waals surface area contributed by atoms with Gasteiger partial charge in [-0.3, -0.25) is 9.69 Å². The molecule has 7 heteroatoms. The predicted molar refractivity (Wildman–Crippen MR) is 128 cm³/mol. The zero-order valence-corrected chi connectivity index (χ0v) is 19.1. The highest BCUT2D eigenvalue weighted by atomic mass is 16.2. The van der Waals surface area contributed by atoms with E-state index in [0.29, 0.717) is 24.4 Å². The largest absolute Gasteiger partial charge is 0.335 e. The van der Waals surface area contributed by atoms with Gasteiger partial charge in [0, 0.05) is 32.7 Å². The summed E-state index contributed by atoms with van der Waals surface area (Å²) in [4.78, 5) is 17.6. The van der Waals surface area contributed by atoms with Crippen LogP contribution in [0.4, 0.5) is 0 Å². The summed E-state index contributed by atoms with van der Waals surface area (Å²) in [5.74, 6) is -0.0731. The summed E-state index contributed by atoms with van der Waals surface area (Å²) < 4.78 is 1.78. The maximum Gasteiger partial charge on any atom is 0.276 e. The average molecular weight is 441 g/mol. The van der Waals surface area contributed by atoms with E-state index in [4.69, 9.17) is 5.10 Å². The summed E-state index contributed by atoms with van der Waals surface area (Å²) in [6.45, 7) is 7.94. The average Bonchev–Trinajstić information content (AvgIpc) is 3.25. The quantitative estimate of drug-likeness (QED) is 0.474. The van der Waals surface area contributed by atoms with Gasteiger partial charge in [-0.2, -0.15) is 5.10 Å². The molecule has 168 valence electrons. The third-order valence-electron chi connectivity index (χ3n) is 6.35. The lowest BCUT2D eigenvalue weighted by Crippen LogP contribution is -2.48. The molecule has 0 spiro atoms. The molecule has 5 rings (SSSR count). The Kier molecular flexibility index (Phi) is 5.88. The number of hydrogen-bond donors (Lipinski definition) is 0. The van der Waals surface area contributed by atoms with Crippen LogP contribution in [0.5, 0.6) is 0 Å². The molecule has 1 saturated heterocycles. The molecule has 0 radical (unpaired) electrons. The van der Waals surface area contributed by atoms with Gasteiger partial charge in [0.05, 0.1) is 17.0 Å². The molecule has 7 nitrogen and oxygen atoms in total. The second kappa shape index (κ2) is 9.11. The Morgan fingerprint density at radius 2 is 1.58 bits per heavy atom. The molecular weight excluding hydrogens is 412 g/mol. The molecule has 3 heterocycles. The molecule has 1 aliphatic rings. The van der Waals surface area contributed by atoms with Gasteiger partial charge >= 0.3 is 0 Å². The van der Waals surface area contributed by atoms with Gasteiger partial charge in [-0.1, -0.05) is 67.6 Å². The van der Waals surface area contributed by atoms with Crippen molar-refractivity contribution in [1.82, 2.24) is 29.6 Å². The molecule has 0 atom stereocenters. The number of aromatic nitrogens is 4. The lowest BCUT2D eigenvalue weighted by atomic mass is 10.0. The number of carbonyl (C=O) groups excluding carboxylic acids is 1. The molecule has 4 aromatic rings. The van der Waals surface area contributed by atoms with Crippen molar-refractivity contribution in [2.75, 3.05) is 26.2 Å². The second-order valence-corrected chi connectivity index (χ2v) is 8.46. The summed E-state index contributed by atoms with van der Waals surface area (Å²) in [6.07, 6.45) is 0.777. The Balaban J connectivity index is 1.37. The van der Waals surface area contributed by atoms with Crippen molar-refractivity contribution >= 4 is 11.6 Å². The molecule has 1 fully saturated rings. The Hall–Kier alpha value is -3.58. The first-order valence-electron chi connectivity index (χ1n) is 11.5. The monoisotopic (exact) mass is 440 g/mol. The molecule has 0 bridgehead atoms. The standard InChI is InChI=1S/C26H28N6O/c1-3-22-23(21-12-8-5-9-13-21)25-28-27-24(19(2)32(25)29-22)26(33)31-16-14-30(15-17-31)18-20-10-6-4-7-11-20/h4-13H,3,14-18H2,1-2H3. The van der Waals surface area contributed by atoms with Crippen molar-refractivity contribution in [3.05, 3.63) is 83.3 Å². The summed E-state index contributed by atoms with van der Waals surface area (Å²) in [6, 6.07) is 20.6. The van der Waals surface area contributed by atoms with Crippen LogP contribution in [0.25, 0.3) is 16.8 Å². The topological polar surface area (TPSA) is 66.6 Å². The fraction of sp³-hybridized carbons (Fsp3) is 0.308. The zero-order valence-electron chi connectivity index (χ0n) is 19.1. The molecule has 0 N–H and O–H groups in total. The van der Waals surface area contributed by atoms with E-state index >= 15 is 0 Å². The summed E-state index contributed by atoms with van der Waals surface area (Å²) in [5.41, 5.74) is 6.10. The van der Waals surface area contributed by atoms with E-state index in [1.54, 1.807) is 4.52 Å². The van der Waals surface area contributed by atoms with E-state index in [-0.39, 0.29) is 5.91 Å². The predicted octanol–water partition coefficient (Wildman–Crippen LogP) is 3.62. The highest BCUT2D eigenvalue weighted by Gasteiger charge is 2.27. The van der Waals surface area contributed by atoms with Crippen LogP contribution in [0.2, 0.25) is 0 Å².